The number of anilines is 1. The number of aryl methyl sites for hydroxylation is 1. The van der Waals surface area contributed by atoms with E-state index >= 15 is 0 Å². The third-order valence-electron chi connectivity index (χ3n) is 4.77. The standard InChI is InChI=1S/C19H20ClN7O/c1-19(2,3)27-18-14(16(21)23-8-24-18)15(25-27)13-6-9-5-11(20)10(17(22)28)7-12(9)26(13)4/h5-8H,1-4H3,(H2,22,28)(H2,21,23,24). The molecule has 0 spiro atoms. The minimum Gasteiger partial charge on any atom is -0.383 e. The number of nitrogen functional groups attached to an aromatic ring is 1. The summed E-state index contributed by atoms with van der Waals surface area (Å²) in [5, 5.41) is 6.67. The second-order valence-electron chi connectivity index (χ2n) is 7.73. The molecular weight excluding hydrogens is 378 g/mol. The number of nitrogens with two attached hydrogens (primary N) is 2. The first-order valence-electron chi connectivity index (χ1n) is 8.68. The summed E-state index contributed by atoms with van der Waals surface area (Å²) in [5.41, 5.74) is 14.5. The predicted molar refractivity (Wildman–Crippen MR) is 110 cm³/mol. The van der Waals surface area contributed by atoms with E-state index in [1.807, 2.05) is 43.1 Å². The molecule has 4 rings (SSSR count). The molecule has 0 aliphatic carbocycles. The Morgan fingerprint density at radius 2 is 1.89 bits per heavy atom. The lowest BCUT2D eigenvalue weighted by Crippen LogP contribution is -2.23. The number of carbonyl (C=O) groups excluding carboxylic acids is 1. The Morgan fingerprint density at radius 1 is 1.18 bits per heavy atom. The molecule has 0 fully saturated rings. The first kappa shape index (κ1) is 18.2. The number of hydrogen-bond donors (Lipinski definition) is 2. The van der Waals surface area contributed by atoms with E-state index in [-0.39, 0.29) is 11.1 Å². The number of rotatable bonds is 2. The van der Waals surface area contributed by atoms with Gasteiger partial charge in [-0.3, -0.25) is 4.79 Å². The lowest BCUT2D eigenvalue weighted by molar-refractivity contribution is 0.100. The summed E-state index contributed by atoms with van der Waals surface area (Å²) in [4.78, 5) is 20.2. The summed E-state index contributed by atoms with van der Waals surface area (Å²) < 4.78 is 3.77. The summed E-state index contributed by atoms with van der Waals surface area (Å²) in [6.07, 6.45) is 1.44. The molecule has 3 aromatic heterocycles. The third-order valence-corrected chi connectivity index (χ3v) is 5.08. The number of amides is 1. The number of fused-ring (bicyclic) bond motifs is 2. The molecule has 0 bridgehead atoms. The monoisotopic (exact) mass is 397 g/mol. The number of halogens is 1. The van der Waals surface area contributed by atoms with Crippen LogP contribution in [0, 0.1) is 0 Å². The molecule has 1 amide bonds. The van der Waals surface area contributed by atoms with Crippen molar-refractivity contribution >= 4 is 45.3 Å². The number of aromatic nitrogens is 5. The van der Waals surface area contributed by atoms with Crippen LogP contribution in [0.5, 0.6) is 0 Å². The number of hydrogen-bond acceptors (Lipinski definition) is 5. The Balaban J connectivity index is 2.07. The molecule has 3 heterocycles. The first-order valence-corrected chi connectivity index (χ1v) is 9.06. The molecule has 4 aromatic rings. The number of primary amides is 1. The molecule has 9 heteroatoms. The fraction of sp³-hybridized carbons (Fsp3) is 0.263. The largest absolute Gasteiger partial charge is 0.383 e. The molecule has 0 aliphatic heterocycles. The zero-order chi connectivity index (χ0) is 20.4. The molecule has 8 nitrogen and oxygen atoms in total. The third kappa shape index (κ3) is 2.60. The van der Waals surface area contributed by atoms with Gasteiger partial charge < -0.3 is 16.0 Å². The fourth-order valence-corrected chi connectivity index (χ4v) is 3.66. The normalized spacial score (nSPS) is 12.2. The van der Waals surface area contributed by atoms with Gasteiger partial charge in [0.05, 0.1) is 27.2 Å². The maximum atomic E-state index is 11.7. The minimum atomic E-state index is -0.574. The van der Waals surface area contributed by atoms with Gasteiger partial charge in [-0.2, -0.15) is 5.10 Å². The van der Waals surface area contributed by atoms with Crippen LogP contribution in [0.4, 0.5) is 5.82 Å². The van der Waals surface area contributed by atoms with E-state index < -0.39 is 5.91 Å². The highest BCUT2D eigenvalue weighted by atomic mass is 35.5. The van der Waals surface area contributed by atoms with E-state index in [0.717, 1.165) is 16.6 Å². The van der Waals surface area contributed by atoms with E-state index in [4.69, 9.17) is 28.2 Å². The highest BCUT2D eigenvalue weighted by Crippen LogP contribution is 2.36. The molecular formula is C19H20ClN7O. The topological polar surface area (TPSA) is 118 Å². The van der Waals surface area contributed by atoms with E-state index in [2.05, 4.69) is 9.97 Å². The Kier molecular flexibility index (Phi) is 3.87. The maximum absolute atomic E-state index is 11.7. The highest BCUT2D eigenvalue weighted by Gasteiger charge is 2.25. The van der Waals surface area contributed by atoms with Gasteiger partial charge in [0, 0.05) is 18.0 Å². The van der Waals surface area contributed by atoms with Gasteiger partial charge in [0.15, 0.2) is 5.65 Å². The van der Waals surface area contributed by atoms with Crippen molar-refractivity contribution in [1.82, 2.24) is 24.3 Å². The number of nitrogens with zero attached hydrogens (tertiary/aromatic N) is 5. The molecule has 0 saturated heterocycles. The number of benzene rings is 1. The van der Waals surface area contributed by atoms with Crippen molar-refractivity contribution in [2.24, 2.45) is 12.8 Å². The first-order chi connectivity index (χ1) is 13.1. The molecule has 0 atom stereocenters. The van der Waals surface area contributed by atoms with Crippen LogP contribution in [0.1, 0.15) is 31.1 Å². The molecule has 0 saturated carbocycles. The van der Waals surface area contributed by atoms with E-state index in [1.165, 1.54) is 6.33 Å². The minimum absolute atomic E-state index is 0.273. The molecule has 28 heavy (non-hydrogen) atoms. The predicted octanol–water partition coefficient (Wildman–Crippen LogP) is 3.07. The molecule has 0 radical (unpaired) electrons. The van der Waals surface area contributed by atoms with Crippen LogP contribution < -0.4 is 11.5 Å². The lowest BCUT2D eigenvalue weighted by Gasteiger charge is -2.19. The van der Waals surface area contributed by atoms with E-state index in [9.17, 15) is 4.79 Å². The summed E-state index contributed by atoms with van der Waals surface area (Å²) in [6, 6.07) is 5.36. The van der Waals surface area contributed by atoms with Gasteiger partial charge in [-0.15, -0.1) is 0 Å². The highest BCUT2D eigenvalue weighted by molar-refractivity contribution is 6.34. The van der Waals surface area contributed by atoms with Crippen LogP contribution in [0.3, 0.4) is 0 Å². The maximum Gasteiger partial charge on any atom is 0.250 e. The van der Waals surface area contributed by atoms with E-state index in [0.29, 0.717) is 27.6 Å². The summed E-state index contributed by atoms with van der Waals surface area (Å²) in [7, 11) is 1.89. The fourth-order valence-electron chi connectivity index (χ4n) is 3.39. The van der Waals surface area contributed by atoms with Crippen molar-refractivity contribution in [2.45, 2.75) is 26.3 Å². The second kappa shape index (κ2) is 5.93. The van der Waals surface area contributed by atoms with Gasteiger partial charge in [-0.25, -0.2) is 14.6 Å². The van der Waals surface area contributed by atoms with Crippen molar-refractivity contribution in [3.63, 3.8) is 0 Å². The molecule has 4 N–H and O–H groups in total. The quantitative estimate of drug-likeness (QED) is 0.538. The SMILES string of the molecule is Cn1c(-c2nn(C(C)(C)C)c3ncnc(N)c23)cc2cc(Cl)c(C(N)=O)cc21. The molecule has 0 aliphatic rings. The van der Waals surface area contributed by atoms with Gasteiger partial charge in [0.2, 0.25) is 5.91 Å². The van der Waals surface area contributed by atoms with Crippen LogP contribution in [0.25, 0.3) is 33.3 Å². The summed E-state index contributed by atoms with van der Waals surface area (Å²) in [5.74, 6) is -0.216. The lowest BCUT2D eigenvalue weighted by atomic mass is 10.1. The smallest absolute Gasteiger partial charge is 0.250 e. The van der Waals surface area contributed by atoms with Gasteiger partial charge in [-0.1, -0.05) is 11.6 Å². The van der Waals surface area contributed by atoms with Crippen molar-refractivity contribution in [3.05, 3.63) is 35.1 Å². The van der Waals surface area contributed by atoms with Gasteiger partial charge >= 0.3 is 0 Å². The molecule has 1 aromatic carbocycles. The summed E-state index contributed by atoms with van der Waals surface area (Å²) in [6.45, 7) is 6.13. The molecule has 144 valence electrons. The van der Waals surface area contributed by atoms with Crippen LogP contribution >= 0.6 is 11.6 Å². The van der Waals surface area contributed by atoms with Crippen molar-refractivity contribution in [2.75, 3.05) is 5.73 Å². The summed E-state index contributed by atoms with van der Waals surface area (Å²) >= 11 is 6.22. The van der Waals surface area contributed by atoms with E-state index in [1.54, 1.807) is 12.1 Å². The van der Waals surface area contributed by atoms with Crippen LogP contribution in [0.15, 0.2) is 24.5 Å². The van der Waals surface area contributed by atoms with Gasteiger partial charge in [0.1, 0.15) is 17.8 Å². The Hall–Kier alpha value is -3.13. The van der Waals surface area contributed by atoms with Crippen molar-refractivity contribution < 1.29 is 4.79 Å². The zero-order valence-electron chi connectivity index (χ0n) is 16.0. The Morgan fingerprint density at radius 3 is 2.54 bits per heavy atom. The van der Waals surface area contributed by atoms with Gasteiger partial charge in [0.25, 0.3) is 0 Å². The van der Waals surface area contributed by atoms with Gasteiger partial charge in [-0.05, 0) is 39.0 Å². The Labute approximate surface area is 166 Å². The van der Waals surface area contributed by atoms with Crippen molar-refractivity contribution in [1.29, 1.82) is 0 Å². The van der Waals surface area contributed by atoms with Crippen LogP contribution in [-0.2, 0) is 12.6 Å². The van der Waals surface area contributed by atoms with Crippen molar-refractivity contribution in [3.8, 4) is 11.4 Å². The van der Waals surface area contributed by atoms with Crippen LogP contribution in [-0.4, -0.2) is 30.2 Å². The van der Waals surface area contributed by atoms with Crippen LogP contribution in [0.2, 0.25) is 5.02 Å². The number of carbonyl (C=O) groups is 1. The average molecular weight is 398 g/mol. The molecule has 0 unspecified atom stereocenters. The zero-order valence-corrected chi connectivity index (χ0v) is 16.7. The Bertz CT molecular complexity index is 1260. The second-order valence-corrected chi connectivity index (χ2v) is 8.14. The average Bonchev–Trinajstić information content (AvgIpc) is 3.13.